The van der Waals surface area contributed by atoms with Gasteiger partial charge in [0, 0.05) is 67.9 Å². The van der Waals surface area contributed by atoms with E-state index in [4.69, 9.17) is 4.74 Å². The van der Waals surface area contributed by atoms with Crippen LogP contribution >= 0.6 is 11.8 Å². The second-order valence-electron chi connectivity index (χ2n) is 13.2. The van der Waals surface area contributed by atoms with E-state index in [2.05, 4.69) is 106 Å². The number of hydrazine groups is 1. The molecule has 0 amide bonds. The van der Waals surface area contributed by atoms with E-state index in [-0.39, 0.29) is 4.87 Å². The fourth-order valence-corrected chi connectivity index (χ4v) is 9.08. The maximum atomic E-state index is 6.42. The summed E-state index contributed by atoms with van der Waals surface area (Å²) < 4.78 is 6.42. The van der Waals surface area contributed by atoms with E-state index in [1.165, 1.54) is 66.4 Å². The van der Waals surface area contributed by atoms with Gasteiger partial charge < -0.3 is 19.9 Å². The van der Waals surface area contributed by atoms with Crippen LogP contribution in [-0.4, -0.2) is 66.5 Å². The summed E-state index contributed by atoms with van der Waals surface area (Å²) >= 11 is 2.08. The maximum absolute atomic E-state index is 6.42. The first kappa shape index (κ1) is 30.5. The SMILES string of the molecule is C[C@H](N1CCCC1)[C@]1(c2cc3cc(Oc4ccccc4)cc(NC4CCCC4)c3[nH]2)SCCN1NCc1cccc(N(C)C)c1. The Bertz CT molecular complexity index is 1580. The van der Waals surface area contributed by atoms with Crippen LogP contribution < -0.4 is 20.4 Å². The third-order valence-corrected chi connectivity index (χ3v) is 11.6. The number of likely N-dealkylation sites (tertiary alicyclic amines) is 1. The van der Waals surface area contributed by atoms with Gasteiger partial charge in [0.1, 0.15) is 16.4 Å². The Morgan fingerprint density at radius 2 is 1.73 bits per heavy atom. The number of para-hydroxylation sites is 1. The van der Waals surface area contributed by atoms with Crippen molar-refractivity contribution in [2.24, 2.45) is 0 Å². The Morgan fingerprint density at radius 1 is 0.933 bits per heavy atom. The van der Waals surface area contributed by atoms with Crippen molar-refractivity contribution >= 4 is 34.0 Å². The molecule has 0 spiro atoms. The normalized spacial score (nSPS) is 21.9. The topological polar surface area (TPSA) is 58.8 Å². The molecule has 0 unspecified atom stereocenters. The lowest BCUT2D eigenvalue weighted by Crippen LogP contribution is -2.58. The summed E-state index contributed by atoms with van der Waals surface area (Å²) in [6.45, 7) is 6.54. The molecule has 8 heteroatoms. The van der Waals surface area contributed by atoms with Crippen LogP contribution in [0.15, 0.2) is 72.8 Å². The number of anilines is 2. The second kappa shape index (κ2) is 13.3. The zero-order valence-electron chi connectivity index (χ0n) is 27.0. The summed E-state index contributed by atoms with van der Waals surface area (Å²) in [5, 5.41) is 7.65. The number of benzene rings is 3. The molecular formula is C37H48N6OS. The molecule has 3 fully saturated rings. The van der Waals surface area contributed by atoms with E-state index in [0.29, 0.717) is 12.1 Å². The third kappa shape index (κ3) is 6.30. The second-order valence-corrected chi connectivity index (χ2v) is 14.5. The van der Waals surface area contributed by atoms with E-state index in [1.807, 2.05) is 30.3 Å². The maximum Gasteiger partial charge on any atom is 0.135 e. The van der Waals surface area contributed by atoms with Crippen LogP contribution in [0.4, 0.5) is 11.4 Å². The molecule has 3 heterocycles. The van der Waals surface area contributed by atoms with Gasteiger partial charge in [0.2, 0.25) is 0 Å². The number of ether oxygens (including phenoxy) is 1. The lowest BCUT2D eigenvalue weighted by molar-refractivity contribution is 0.0435. The third-order valence-electron chi connectivity index (χ3n) is 9.98. The van der Waals surface area contributed by atoms with Crippen LogP contribution in [0.3, 0.4) is 0 Å². The first-order valence-corrected chi connectivity index (χ1v) is 17.8. The fraction of sp³-hybridized carbons (Fsp3) is 0.459. The highest BCUT2D eigenvalue weighted by Crippen LogP contribution is 2.50. The number of hydrogen-bond donors (Lipinski definition) is 3. The van der Waals surface area contributed by atoms with E-state index in [0.717, 1.165) is 49.1 Å². The first-order valence-electron chi connectivity index (χ1n) is 16.8. The van der Waals surface area contributed by atoms with Gasteiger partial charge in [-0.3, -0.25) is 4.90 Å². The van der Waals surface area contributed by atoms with Gasteiger partial charge in [0.25, 0.3) is 0 Å². The molecule has 1 saturated carbocycles. The molecule has 4 aromatic rings. The zero-order valence-corrected chi connectivity index (χ0v) is 27.8. The van der Waals surface area contributed by atoms with Crippen molar-refractivity contribution < 1.29 is 4.74 Å². The number of nitrogens with zero attached hydrogens (tertiary/aromatic N) is 3. The highest BCUT2D eigenvalue weighted by Gasteiger charge is 2.51. The minimum Gasteiger partial charge on any atom is -0.457 e. The molecular weight excluding hydrogens is 577 g/mol. The van der Waals surface area contributed by atoms with Crippen molar-refractivity contribution in [3.05, 3.63) is 84.1 Å². The van der Waals surface area contributed by atoms with E-state index >= 15 is 0 Å². The van der Waals surface area contributed by atoms with Crippen molar-refractivity contribution in [3.63, 3.8) is 0 Å². The fourth-order valence-electron chi connectivity index (χ4n) is 7.53. The van der Waals surface area contributed by atoms with Gasteiger partial charge in [0.15, 0.2) is 0 Å². The Morgan fingerprint density at radius 3 is 2.51 bits per heavy atom. The first-order chi connectivity index (χ1) is 22.0. The summed E-state index contributed by atoms with van der Waals surface area (Å²) in [6.07, 6.45) is 7.58. The molecule has 7 rings (SSSR count). The quantitative estimate of drug-likeness (QED) is 0.158. The summed E-state index contributed by atoms with van der Waals surface area (Å²) in [6, 6.07) is 26.6. The van der Waals surface area contributed by atoms with Gasteiger partial charge in [-0.15, -0.1) is 11.8 Å². The monoisotopic (exact) mass is 624 g/mol. The van der Waals surface area contributed by atoms with Gasteiger partial charge in [-0.25, -0.2) is 10.4 Å². The standard InChI is InChI=1S/C37H48N6OS/c1-27(42-18-9-10-19-42)37(43(20-21-45-37)38-26-28-12-11-15-31(22-28)41(2)3)35-24-29-23-33(44-32-16-5-4-6-17-32)25-34(36(29)40-35)39-30-13-7-8-14-30/h4-6,11-12,15-17,22-25,27,30,38-40H,7-10,13-14,18-21,26H2,1-3H3/t27-,37+/m0/s1. The predicted octanol–water partition coefficient (Wildman–Crippen LogP) is 7.77. The smallest absolute Gasteiger partial charge is 0.135 e. The Kier molecular flexibility index (Phi) is 9.00. The number of hydrogen-bond acceptors (Lipinski definition) is 7. The number of aromatic amines is 1. The molecule has 7 nitrogen and oxygen atoms in total. The van der Waals surface area contributed by atoms with Crippen molar-refractivity contribution in [1.29, 1.82) is 0 Å². The van der Waals surface area contributed by atoms with Gasteiger partial charge >= 0.3 is 0 Å². The van der Waals surface area contributed by atoms with Crippen LogP contribution in [0.1, 0.15) is 56.7 Å². The van der Waals surface area contributed by atoms with Crippen molar-refractivity contribution in [2.45, 2.75) is 68.9 Å². The molecule has 0 bridgehead atoms. The summed E-state index contributed by atoms with van der Waals surface area (Å²) in [5.41, 5.74) is 10.0. The number of fused-ring (bicyclic) bond motifs is 1. The Hall–Kier alpha value is -3.17. The Labute approximate surface area is 272 Å². The predicted molar refractivity (Wildman–Crippen MR) is 189 cm³/mol. The minimum atomic E-state index is -0.256. The number of rotatable bonds is 11. The van der Waals surface area contributed by atoms with Crippen LogP contribution in [-0.2, 0) is 11.4 Å². The highest BCUT2D eigenvalue weighted by molar-refractivity contribution is 8.00. The number of aromatic nitrogens is 1. The largest absolute Gasteiger partial charge is 0.457 e. The molecule has 1 aromatic heterocycles. The van der Waals surface area contributed by atoms with Crippen LogP contribution in [0, 0.1) is 0 Å². The summed E-state index contributed by atoms with van der Waals surface area (Å²) in [5.74, 6) is 2.81. The molecule has 45 heavy (non-hydrogen) atoms. The van der Waals surface area contributed by atoms with Gasteiger partial charge in [-0.2, -0.15) is 0 Å². The van der Waals surface area contributed by atoms with Crippen molar-refractivity contribution in [1.82, 2.24) is 20.3 Å². The van der Waals surface area contributed by atoms with E-state index in [9.17, 15) is 0 Å². The van der Waals surface area contributed by atoms with Crippen LogP contribution in [0.2, 0.25) is 0 Å². The van der Waals surface area contributed by atoms with Crippen LogP contribution in [0.25, 0.3) is 10.9 Å². The molecule has 3 aliphatic rings. The van der Waals surface area contributed by atoms with Crippen molar-refractivity contribution in [3.8, 4) is 11.5 Å². The van der Waals surface area contributed by atoms with Crippen molar-refractivity contribution in [2.75, 3.05) is 49.7 Å². The average molecular weight is 625 g/mol. The van der Waals surface area contributed by atoms with E-state index < -0.39 is 0 Å². The summed E-state index contributed by atoms with van der Waals surface area (Å²) in [7, 11) is 4.21. The molecule has 2 saturated heterocycles. The molecule has 2 aliphatic heterocycles. The Balaban J connectivity index is 1.27. The average Bonchev–Trinajstić information content (AvgIpc) is 3.88. The number of H-pyrrole nitrogens is 1. The molecule has 1 aliphatic carbocycles. The molecule has 3 N–H and O–H groups in total. The highest BCUT2D eigenvalue weighted by atomic mass is 32.2. The van der Waals surface area contributed by atoms with Gasteiger partial charge in [-0.1, -0.05) is 43.2 Å². The minimum absolute atomic E-state index is 0.256. The lowest BCUT2D eigenvalue weighted by Gasteiger charge is -2.45. The molecule has 2 atom stereocenters. The molecule has 0 radical (unpaired) electrons. The molecule has 3 aromatic carbocycles. The number of thioether (sulfide) groups is 1. The number of nitrogens with one attached hydrogen (secondary N) is 3. The molecule has 238 valence electrons. The van der Waals surface area contributed by atoms with E-state index in [1.54, 1.807) is 0 Å². The van der Waals surface area contributed by atoms with Crippen LogP contribution in [0.5, 0.6) is 11.5 Å². The lowest BCUT2D eigenvalue weighted by atomic mass is 10.0. The van der Waals surface area contributed by atoms with Gasteiger partial charge in [-0.05, 0) is 87.7 Å². The zero-order chi connectivity index (χ0) is 30.8. The summed E-state index contributed by atoms with van der Waals surface area (Å²) in [4.78, 5) is 8.63. The van der Waals surface area contributed by atoms with Gasteiger partial charge in [0.05, 0.1) is 11.2 Å².